The second-order valence-corrected chi connectivity index (χ2v) is 3.59. The maximum absolute atomic E-state index is 11.6. The smallest absolute Gasteiger partial charge is 0.269 e. The zero-order valence-corrected chi connectivity index (χ0v) is 9.27. The molecule has 86 valence electrons. The summed E-state index contributed by atoms with van der Waals surface area (Å²) in [5.74, 6) is -0.204. The maximum atomic E-state index is 11.6. The van der Waals surface area contributed by atoms with Crippen LogP contribution in [0.1, 0.15) is 30.6 Å². The van der Waals surface area contributed by atoms with Gasteiger partial charge in [-0.05, 0) is 25.5 Å². The van der Waals surface area contributed by atoms with Crippen molar-refractivity contribution in [2.45, 2.75) is 26.3 Å². The Bertz CT molecular complexity index is 387. The Morgan fingerprint density at radius 2 is 2.00 bits per heavy atom. The van der Waals surface area contributed by atoms with Crippen molar-refractivity contribution < 1.29 is 9.72 Å². The lowest BCUT2D eigenvalue weighted by Crippen LogP contribution is -2.31. The topological polar surface area (TPSA) is 72.2 Å². The van der Waals surface area contributed by atoms with Crippen LogP contribution in [0.4, 0.5) is 5.69 Å². The van der Waals surface area contributed by atoms with Crippen LogP contribution in [0.25, 0.3) is 0 Å². The molecule has 0 bridgehead atoms. The third kappa shape index (κ3) is 3.05. The molecule has 1 amide bonds. The summed E-state index contributed by atoms with van der Waals surface area (Å²) < 4.78 is 0. The van der Waals surface area contributed by atoms with Gasteiger partial charge in [0.05, 0.1) is 4.92 Å². The molecule has 0 aliphatic carbocycles. The number of amides is 1. The van der Waals surface area contributed by atoms with Crippen LogP contribution in [0.5, 0.6) is 0 Å². The lowest BCUT2D eigenvalue weighted by Gasteiger charge is -2.10. The number of carbonyl (C=O) groups excluding carboxylic acids is 1. The van der Waals surface area contributed by atoms with Crippen LogP contribution in [-0.4, -0.2) is 16.9 Å². The zero-order valence-electron chi connectivity index (χ0n) is 9.27. The first-order valence-electron chi connectivity index (χ1n) is 5.10. The van der Waals surface area contributed by atoms with Crippen molar-refractivity contribution in [3.05, 3.63) is 39.9 Å². The SMILES string of the molecule is CC[C@H](C)NC(=O)c1ccc([N+](=O)[O-])cc1. The molecule has 5 heteroatoms. The number of nitrogens with zero attached hydrogens (tertiary/aromatic N) is 1. The van der Waals surface area contributed by atoms with Crippen molar-refractivity contribution in [1.82, 2.24) is 5.32 Å². The number of rotatable bonds is 4. The first-order valence-corrected chi connectivity index (χ1v) is 5.10. The number of hydrogen-bond acceptors (Lipinski definition) is 3. The fourth-order valence-electron chi connectivity index (χ4n) is 1.14. The summed E-state index contributed by atoms with van der Waals surface area (Å²) in [6.07, 6.45) is 0.846. The number of nitrogens with one attached hydrogen (secondary N) is 1. The lowest BCUT2D eigenvalue weighted by molar-refractivity contribution is -0.384. The molecule has 1 aromatic carbocycles. The van der Waals surface area contributed by atoms with Gasteiger partial charge in [-0.25, -0.2) is 0 Å². The Hall–Kier alpha value is -1.91. The number of benzene rings is 1. The average Bonchev–Trinajstić information content (AvgIpc) is 2.28. The third-order valence-electron chi connectivity index (χ3n) is 2.33. The van der Waals surface area contributed by atoms with Gasteiger partial charge in [-0.1, -0.05) is 6.92 Å². The van der Waals surface area contributed by atoms with Crippen LogP contribution in [0.3, 0.4) is 0 Å². The molecule has 0 aliphatic heterocycles. The molecule has 5 nitrogen and oxygen atoms in total. The van der Waals surface area contributed by atoms with Crippen molar-refractivity contribution in [3.8, 4) is 0 Å². The van der Waals surface area contributed by atoms with Crippen molar-refractivity contribution in [2.24, 2.45) is 0 Å². The van der Waals surface area contributed by atoms with Gasteiger partial charge in [0, 0.05) is 23.7 Å². The van der Waals surface area contributed by atoms with Crippen molar-refractivity contribution in [2.75, 3.05) is 0 Å². The molecule has 0 radical (unpaired) electrons. The van der Waals surface area contributed by atoms with E-state index in [1.807, 2.05) is 13.8 Å². The molecule has 1 N–H and O–H groups in total. The van der Waals surface area contributed by atoms with Crippen molar-refractivity contribution in [1.29, 1.82) is 0 Å². The first kappa shape index (κ1) is 12.2. The molecule has 1 aromatic rings. The molecule has 0 saturated carbocycles. The minimum atomic E-state index is -0.490. The maximum Gasteiger partial charge on any atom is 0.269 e. The highest BCUT2D eigenvalue weighted by Crippen LogP contribution is 2.11. The summed E-state index contributed by atoms with van der Waals surface area (Å²) in [4.78, 5) is 21.5. The van der Waals surface area contributed by atoms with Crippen molar-refractivity contribution >= 4 is 11.6 Å². The predicted octanol–water partition coefficient (Wildman–Crippen LogP) is 2.12. The molecule has 0 spiro atoms. The number of non-ortho nitro benzene ring substituents is 1. The van der Waals surface area contributed by atoms with Crippen LogP contribution in [0.15, 0.2) is 24.3 Å². The van der Waals surface area contributed by atoms with Crippen LogP contribution in [0, 0.1) is 10.1 Å². The van der Waals surface area contributed by atoms with Gasteiger partial charge < -0.3 is 5.32 Å². The second-order valence-electron chi connectivity index (χ2n) is 3.59. The van der Waals surface area contributed by atoms with E-state index in [4.69, 9.17) is 0 Å². The van der Waals surface area contributed by atoms with E-state index in [0.29, 0.717) is 5.56 Å². The van der Waals surface area contributed by atoms with Gasteiger partial charge in [-0.3, -0.25) is 14.9 Å². The molecule has 0 unspecified atom stereocenters. The fraction of sp³-hybridized carbons (Fsp3) is 0.364. The van der Waals surface area contributed by atoms with Crippen LogP contribution < -0.4 is 5.32 Å². The normalized spacial score (nSPS) is 11.9. The van der Waals surface area contributed by atoms with Gasteiger partial charge in [-0.15, -0.1) is 0 Å². The fourth-order valence-corrected chi connectivity index (χ4v) is 1.14. The van der Waals surface area contributed by atoms with E-state index in [1.54, 1.807) is 0 Å². The van der Waals surface area contributed by atoms with Gasteiger partial charge in [0.2, 0.25) is 0 Å². The van der Waals surface area contributed by atoms with Gasteiger partial charge >= 0.3 is 0 Å². The number of nitro benzene ring substituents is 1. The monoisotopic (exact) mass is 222 g/mol. The van der Waals surface area contributed by atoms with E-state index in [0.717, 1.165) is 6.42 Å². The number of nitro groups is 1. The van der Waals surface area contributed by atoms with Crippen LogP contribution >= 0.6 is 0 Å². The van der Waals surface area contributed by atoms with E-state index in [9.17, 15) is 14.9 Å². The number of hydrogen-bond donors (Lipinski definition) is 1. The Labute approximate surface area is 93.6 Å². The molecule has 1 atom stereocenters. The van der Waals surface area contributed by atoms with E-state index in [1.165, 1.54) is 24.3 Å². The standard InChI is InChI=1S/C11H14N2O3/c1-3-8(2)12-11(14)9-4-6-10(7-5-9)13(15)16/h4-8H,3H2,1-2H3,(H,12,14)/t8-/m0/s1. The highest BCUT2D eigenvalue weighted by molar-refractivity contribution is 5.94. The largest absolute Gasteiger partial charge is 0.350 e. The van der Waals surface area contributed by atoms with Crippen LogP contribution in [-0.2, 0) is 0 Å². The van der Waals surface area contributed by atoms with E-state index < -0.39 is 4.92 Å². The minimum Gasteiger partial charge on any atom is -0.350 e. The van der Waals surface area contributed by atoms with Crippen LogP contribution in [0.2, 0.25) is 0 Å². The predicted molar refractivity (Wildman–Crippen MR) is 60.3 cm³/mol. The Kier molecular flexibility index (Phi) is 3.99. The molecule has 0 saturated heterocycles. The highest BCUT2D eigenvalue weighted by Gasteiger charge is 2.10. The molecule has 0 heterocycles. The van der Waals surface area contributed by atoms with Gasteiger partial charge in [-0.2, -0.15) is 0 Å². The quantitative estimate of drug-likeness (QED) is 0.626. The lowest BCUT2D eigenvalue weighted by atomic mass is 10.1. The Morgan fingerprint density at radius 3 is 2.44 bits per heavy atom. The summed E-state index contributed by atoms with van der Waals surface area (Å²) >= 11 is 0. The Morgan fingerprint density at radius 1 is 1.44 bits per heavy atom. The summed E-state index contributed by atoms with van der Waals surface area (Å²) in [6.45, 7) is 3.88. The molecule has 0 aromatic heterocycles. The summed E-state index contributed by atoms with van der Waals surface area (Å²) in [7, 11) is 0. The highest BCUT2D eigenvalue weighted by atomic mass is 16.6. The van der Waals surface area contributed by atoms with Gasteiger partial charge in [0.1, 0.15) is 0 Å². The molecule has 16 heavy (non-hydrogen) atoms. The number of carbonyl (C=O) groups is 1. The van der Waals surface area contributed by atoms with Gasteiger partial charge in [0.15, 0.2) is 0 Å². The first-order chi connectivity index (χ1) is 7.54. The van der Waals surface area contributed by atoms with Crippen molar-refractivity contribution in [3.63, 3.8) is 0 Å². The molecule has 1 rings (SSSR count). The molecular formula is C11H14N2O3. The third-order valence-corrected chi connectivity index (χ3v) is 2.33. The van der Waals surface area contributed by atoms with E-state index in [2.05, 4.69) is 5.32 Å². The van der Waals surface area contributed by atoms with E-state index in [-0.39, 0.29) is 17.6 Å². The Balaban J connectivity index is 2.74. The summed E-state index contributed by atoms with van der Waals surface area (Å²) in [5.41, 5.74) is 0.422. The van der Waals surface area contributed by atoms with E-state index >= 15 is 0 Å². The summed E-state index contributed by atoms with van der Waals surface area (Å²) in [5, 5.41) is 13.2. The second kappa shape index (κ2) is 5.25. The summed E-state index contributed by atoms with van der Waals surface area (Å²) in [6, 6.07) is 5.66. The molecule has 0 aliphatic rings. The zero-order chi connectivity index (χ0) is 12.1. The van der Waals surface area contributed by atoms with Gasteiger partial charge in [0.25, 0.3) is 11.6 Å². The minimum absolute atomic E-state index is 0.0138. The average molecular weight is 222 g/mol. The molecular weight excluding hydrogens is 208 g/mol. The molecule has 0 fully saturated rings.